The molecule has 9 nitrogen and oxygen atoms in total. The number of methoxy groups -OCH3 is 1. The van der Waals surface area contributed by atoms with E-state index in [1.54, 1.807) is 25.3 Å². The van der Waals surface area contributed by atoms with Gasteiger partial charge in [0.25, 0.3) is 5.91 Å². The molecule has 0 radical (unpaired) electrons. The number of hydrogen-bond donors (Lipinski definition) is 3. The van der Waals surface area contributed by atoms with E-state index in [0.29, 0.717) is 34.7 Å². The van der Waals surface area contributed by atoms with Gasteiger partial charge in [-0.25, -0.2) is 18.4 Å². The number of anilines is 1. The van der Waals surface area contributed by atoms with Crippen LogP contribution in [0.5, 0.6) is 5.75 Å². The summed E-state index contributed by atoms with van der Waals surface area (Å²) in [5.41, 5.74) is 3.76. The Morgan fingerprint density at radius 3 is 2.67 bits per heavy atom. The summed E-state index contributed by atoms with van der Waals surface area (Å²) in [5, 5.41) is 18.2. The fourth-order valence-electron chi connectivity index (χ4n) is 4.32. The molecule has 0 saturated heterocycles. The first-order chi connectivity index (χ1) is 17.1. The highest BCUT2D eigenvalue weighted by atomic mass is 32.2. The number of rotatable bonds is 6. The van der Waals surface area contributed by atoms with Crippen LogP contribution >= 0.6 is 0 Å². The number of fused-ring (bicyclic) bond motifs is 2. The van der Waals surface area contributed by atoms with Gasteiger partial charge in [-0.15, -0.1) is 0 Å². The number of amides is 1. The largest absolute Gasteiger partial charge is 0.497 e. The molecule has 1 aliphatic heterocycles. The molecule has 0 fully saturated rings. The molecule has 0 aliphatic carbocycles. The SMILES string of the molecule is COc1ccc2c(c1)c(/C=C1/C(=O)Nc3ccc(S(N)(=O)=O)cc31)cn2Cc1cccc(C(=O)O)c1. The van der Waals surface area contributed by atoms with Crippen LogP contribution in [-0.4, -0.2) is 37.1 Å². The molecule has 0 unspecified atom stereocenters. The number of carboxylic acids is 1. The number of benzene rings is 3. The fraction of sp³-hybridized carbons (Fsp3) is 0.0769. The van der Waals surface area contributed by atoms with Gasteiger partial charge in [0.1, 0.15) is 5.75 Å². The molecule has 0 bridgehead atoms. The lowest BCUT2D eigenvalue weighted by Gasteiger charge is -2.07. The van der Waals surface area contributed by atoms with E-state index >= 15 is 0 Å². The molecule has 36 heavy (non-hydrogen) atoms. The Kier molecular flexibility index (Phi) is 5.62. The van der Waals surface area contributed by atoms with Crippen molar-refractivity contribution in [1.29, 1.82) is 0 Å². The first-order valence-corrected chi connectivity index (χ1v) is 12.4. The number of hydrogen-bond acceptors (Lipinski definition) is 5. The fourth-order valence-corrected chi connectivity index (χ4v) is 4.86. The lowest BCUT2D eigenvalue weighted by atomic mass is 10.0. The van der Waals surface area contributed by atoms with Gasteiger partial charge in [0, 0.05) is 46.0 Å². The van der Waals surface area contributed by atoms with E-state index in [4.69, 9.17) is 9.88 Å². The van der Waals surface area contributed by atoms with Crippen molar-refractivity contribution in [3.8, 4) is 5.75 Å². The van der Waals surface area contributed by atoms with Gasteiger partial charge < -0.3 is 19.7 Å². The summed E-state index contributed by atoms with van der Waals surface area (Å²) in [6.07, 6.45) is 3.55. The van der Waals surface area contributed by atoms with Gasteiger partial charge >= 0.3 is 5.97 Å². The minimum Gasteiger partial charge on any atom is -0.497 e. The van der Waals surface area contributed by atoms with E-state index in [9.17, 15) is 23.1 Å². The molecule has 0 atom stereocenters. The van der Waals surface area contributed by atoms with E-state index in [-0.39, 0.29) is 16.4 Å². The van der Waals surface area contributed by atoms with Crippen LogP contribution in [0.2, 0.25) is 0 Å². The molecular weight excluding hydrogens is 482 g/mol. The molecule has 3 aromatic carbocycles. The minimum atomic E-state index is -3.95. The highest BCUT2D eigenvalue weighted by Crippen LogP contribution is 2.36. The molecule has 2 heterocycles. The van der Waals surface area contributed by atoms with Gasteiger partial charge in [-0.3, -0.25) is 4.79 Å². The Labute approximate surface area is 206 Å². The molecule has 0 saturated carbocycles. The summed E-state index contributed by atoms with van der Waals surface area (Å²) in [6, 6.07) is 16.5. The lowest BCUT2D eigenvalue weighted by Crippen LogP contribution is -2.12. The molecule has 182 valence electrons. The zero-order valence-corrected chi connectivity index (χ0v) is 19.9. The van der Waals surface area contributed by atoms with Crippen LogP contribution in [0, 0.1) is 0 Å². The predicted octanol–water partition coefficient (Wildman–Crippen LogP) is 3.54. The third-order valence-corrected chi connectivity index (χ3v) is 6.96. The summed E-state index contributed by atoms with van der Waals surface area (Å²) >= 11 is 0. The molecule has 1 aromatic heterocycles. The van der Waals surface area contributed by atoms with Crippen LogP contribution < -0.4 is 15.2 Å². The average Bonchev–Trinajstić information content (AvgIpc) is 3.34. The summed E-state index contributed by atoms with van der Waals surface area (Å²) in [4.78, 5) is 24.1. The molecule has 10 heteroatoms. The van der Waals surface area contributed by atoms with Crippen molar-refractivity contribution in [2.24, 2.45) is 5.14 Å². The molecule has 1 aliphatic rings. The minimum absolute atomic E-state index is 0.0916. The molecule has 1 amide bonds. The van der Waals surface area contributed by atoms with Crippen LogP contribution in [0.3, 0.4) is 0 Å². The predicted molar refractivity (Wildman–Crippen MR) is 135 cm³/mol. The number of carbonyl (C=O) groups is 2. The zero-order valence-electron chi connectivity index (χ0n) is 19.1. The number of nitrogens with two attached hydrogens (primary N) is 1. The monoisotopic (exact) mass is 503 g/mol. The number of aromatic nitrogens is 1. The highest BCUT2D eigenvalue weighted by Gasteiger charge is 2.26. The number of carboxylic acid groups (broad SMARTS) is 1. The van der Waals surface area contributed by atoms with Gasteiger partial charge in [0.05, 0.1) is 17.6 Å². The standard InChI is InChI=1S/C26H21N3O6S/c1-35-18-5-8-24-20(11-18)17(14-29(24)13-15-3-2-4-16(9-15)26(31)32)10-22-21-12-19(36(27,33)34)6-7-23(21)28-25(22)30/h2-12,14H,13H2,1H3,(H,28,30)(H,31,32)(H2,27,33,34)/b22-10+. The van der Waals surface area contributed by atoms with E-state index in [1.165, 1.54) is 24.3 Å². The van der Waals surface area contributed by atoms with Crippen molar-refractivity contribution in [2.45, 2.75) is 11.4 Å². The van der Waals surface area contributed by atoms with Gasteiger partial charge in [-0.1, -0.05) is 12.1 Å². The maximum Gasteiger partial charge on any atom is 0.335 e. The first kappa shape index (κ1) is 23.3. The number of nitrogens with zero attached hydrogens (tertiary/aromatic N) is 1. The Morgan fingerprint density at radius 2 is 1.94 bits per heavy atom. The Morgan fingerprint density at radius 1 is 1.14 bits per heavy atom. The number of sulfonamides is 1. The van der Waals surface area contributed by atoms with Crippen molar-refractivity contribution in [2.75, 3.05) is 12.4 Å². The second kappa shape index (κ2) is 8.67. The summed E-state index contributed by atoms with van der Waals surface area (Å²) in [6.45, 7) is 0.394. The van der Waals surface area contributed by atoms with E-state index in [0.717, 1.165) is 16.5 Å². The topological polar surface area (TPSA) is 141 Å². The van der Waals surface area contributed by atoms with Gasteiger partial charge in [0.2, 0.25) is 10.0 Å². The van der Waals surface area contributed by atoms with Crippen LogP contribution in [0.25, 0.3) is 22.6 Å². The van der Waals surface area contributed by atoms with Gasteiger partial charge in [0.15, 0.2) is 0 Å². The number of nitrogens with one attached hydrogen (secondary N) is 1. The van der Waals surface area contributed by atoms with Crippen molar-refractivity contribution >= 4 is 50.1 Å². The molecule has 4 aromatic rings. The number of primary sulfonamides is 1. The molecule has 0 spiro atoms. The summed E-state index contributed by atoms with van der Waals surface area (Å²) < 4.78 is 31.1. The highest BCUT2D eigenvalue weighted by molar-refractivity contribution is 7.89. The van der Waals surface area contributed by atoms with Crippen molar-refractivity contribution < 1.29 is 27.9 Å². The van der Waals surface area contributed by atoms with Crippen molar-refractivity contribution in [3.63, 3.8) is 0 Å². The van der Waals surface area contributed by atoms with Gasteiger partial charge in [-0.05, 0) is 60.2 Å². The zero-order chi connectivity index (χ0) is 25.6. The number of ether oxygens (including phenoxy) is 1. The molecular formula is C26H21N3O6S. The Bertz CT molecular complexity index is 1700. The normalized spacial score (nSPS) is 14.2. The number of carbonyl (C=O) groups excluding carboxylic acids is 1. The second-order valence-electron chi connectivity index (χ2n) is 8.37. The Balaban J connectivity index is 1.65. The van der Waals surface area contributed by atoms with Gasteiger partial charge in [-0.2, -0.15) is 0 Å². The maximum atomic E-state index is 12.8. The van der Waals surface area contributed by atoms with E-state index in [2.05, 4.69) is 5.32 Å². The van der Waals surface area contributed by atoms with Crippen LogP contribution in [0.1, 0.15) is 27.0 Å². The van der Waals surface area contributed by atoms with E-state index < -0.39 is 16.0 Å². The average molecular weight is 504 g/mol. The smallest absolute Gasteiger partial charge is 0.335 e. The molecule has 5 rings (SSSR count). The third kappa shape index (κ3) is 4.23. The summed E-state index contributed by atoms with van der Waals surface area (Å²) in [7, 11) is -2.39. The number of aromatic carboxylic acids is 1. The van der Waals surface area contributed by atoms with E-state index in [1.807, 2.05) is 35.0 Å². The third-order valence-electron chi connectivity index (χ3n) is 6.05. The lowest BCUT2D eigenvalue weighted by molar-refractivity contribution is -0.110. The van der Waals surface area contributed by atoms with Crippen molar-refractivity contribution in [1.82, 2.24) is 4.57 Å². The molecule has 4 N–H and O–H groups in total. The summed E-state index contributed by atoms with van der Waals surface area (Å²) in [5.74, 6) is -0.746. The Hall–Kier alpha value is -4.41. The first-order valence-electron chi connectivity index (χ1n) is 10.8. The van der Waals surface area contributed by atoms with Crippen LogP contribution in [-0.2, 0) is 21.4 Å². The van der Waals surface area contributed by atoms with Crippen molar-refractivity contribution in [3.05, 3.63) is 89.1 Å². The van der Waals surface area contributed by atoms with Crippen LogP contribution in [0.15, 0.2) is 71.8 Å². The van der Waals surface area contributed by atoms with Crippen LogP contribution in [0.4, 0.5) is 5.69 Å². The maximum absolute atomic E-state index is 12.8. The quantitative estimate of drug-likeness (QED) is 0.344. The second-order valence-corrected chi connectivity index (χ2v) is 9.93.